The highest BCUT2D eigenvalue weighted by Crippen LogP contribution is 2.30. The largest absolute Gasteiger partial charge is 0.495 e. The van der Waals surface area contributed by atoms with E-state index in [0.717, 1.165) is 0 Å². The molecule has 1 atom stereocenters. The molecule has 0 aliphatic carbocycles. The van der Waals surface area contributed by atoms with Crippen LogP contribution < -0.4 is 10.5 Å². The molecular weight excluding hydrogens is 268 g/mol. The summed E-state index contributed by atoms with van der Waals surface area (Å²) in [6.07, 6.45) is 0. The van der Waals surface area contributed by atoms with E-state index in [4.69, 9.17) is 15.2 Å². The number of ether oxygens (including phenoxy) is 2. The van der Waals surface area contributed by atoms with Gasteiger partial charge in [-0.25, -0.2) is 8.42 Å². The third-order valence-electron chi connectivity index (χ3n) is 3.08. The van der Waals surface area contributed by atoms with Crippen molar-refractivity contribution >= 4 is 15.7 Å². The molecule has 0 bridgehead atoms. The van der Waals surface area contributed by atoms with E-state index in [1.807, 2.05) is 6.92 Å². The molecule has 0 saturated carbocycles. The van der Waals surface area contributed by atoms with Crippen molar-refractivity contribution < 1.29 is 17.9 Å². The Morgan fingerprint density at radius 3 is 2.84 bits per heavy atom. The van der Waals surface area contributed by atoms with Gasteiger partial charge in [-0.05, 0) is 25.1 Å². The maximum Gasteiger partial charge on any atom is 0.247 e. The molecule has 0 spiro atoms. The molecule has 1 fully saturated rings. The first-order valence-corrected chi connectivity index (χ1v) is 7.44. The van der Waals surface area contributed by atoms with E-state index in [9.17, 15) is 8.42 Å². The minimum Gasteiger partial charge on any atom is -0.495 e. The molecule has 2 N–H and O–H groups in total. The molecule has 0 radical (unpaired) electrons. The molecule has 1 saturated heterocycles. The van der Waals surface area contributed by atoms with Crippen molar-refractivity contribution in [1.82, 2.24) is 4.31 Å². The number of rotatable bonds is 3. The van der Waals surface area contributed by atoms with Crippen LogP contribution in [0.15, 0.2) is 23.1 Å². The van der Waals surface area contributed by atoms with E-state index in [-0.39, 0.29) is 10.9 Å². The summed E-state index contributed by atoms with van der Waals surface area (Å²) in [4.78, 5) is 0.101. The lowest BCUT2D eigenvalue weighted by Gasteiger charge is -2.32. The Hall–Kier alpha value is -1.31. The van der Waals surface area contributed by atoms with Crippen LogP contribution in [0.5, 0.6) is 5.75 Å². The van der Waals surface area contributed by atoms with Crippen LogP contribution >= 0.6 is 0 Å². The number of sulfonamides is 1. The second-order valence-corrected chi connectivity index (χ2v) is 6.31. The van der Waals surface area contributed by atoms with E-state index < -0.39 is 10.0 Å². The number of nitrogens with zero attached hydrogens (tertiary/aromatic N) is 1. The van der Waals surface area contributed by atoms with Gasteiger partial charge in [-0.3, -0.25) is 0 Å². The first-order valence-electron chi connectivity index (χ1n) is 6.00. The van der Waals surface area contributed by atoms with Gasteiger partial charge in [-0.15, -0.1) is 0 Å². The van der Waals surface area contributed by atoms with Crippen molar-refractivity contribution in [2.45, 2.75) is 17.9 Å². The topological polar surface area (TPSA) is 81.9 Å². The van der Waals surface area contributed by atoms with Crippen LogP contribution in [0.3, 0.4) is 0 Å². The lowest BCUT2D eigenvalue weighted by atomic mass is 10.3. The first-order chi connectivity index (χ1) is 8.96. The van der Waals surface area contributed by atoms with Gasteiger partial charge in [0.25, 0.3) is 0 Å². The molecule has 106 valence electrons. The fourth-order valence-electron chi connectivity index (χ4n) is 2.09. The summed E-state index contributed by atoms with van der Waals surface area (Å²) < 4.78 is 37.1. The van der Waals surface area contributed by atoms with Crippen molar-refractivity contribution in [1.29, 1.82) is 0 Å². The maximum absolute atomic E-state index is 12.7. The Kier molecular flexibility index (Phi) is 3.98. The van der Waals surface area contributed by atoms with Crippen molar-refractivity contribution in [2.24, 2.45) is 0 Å². The highest BCUT2D eigenvalue weighted by Gasteiger charge is 2.33. The minimum atomic E-state index is -3.63. The van der Waals surface area contributed by atoms with E-state index in [0.29, 0.717) is 31.2 Å². The number of nitrogen functional groups attached to an aromatic ring is 1. The summed E-state index contributed by atoms with van der Waals surface area (Å²) in [5, 5.41) is 0. The van der Waals surface area contributed by atoms with Crippen LogP contribution in [0.25, 0.3) is 0 Å². The van der Waals surface area contributed by atoms with Crippen LogP contribution in [0.1, 0.15) is 6.92 Å². The summed E-state index contributed by atoms with van der Waals surface area (Å²) in [5.41, 5.74) is 6.07. The highest BCUT2D eigenvalue weighted by molar-refractivity contribution is 7.89. The fraction of sp³-hybridized carbons (Fsp3) is 0.500. The van der Waals surface area contributed by atoms with Gasteiger partial charge in [0.15, 0.2) is 0 Å². The number of methoxy groups -OCH3 is 1. The van der Waals surface area contributed by atoms with E-state index in [2.05, 4.69) is 0 Å². The summed E-state index contributed by atoms with van der Waals surface area (Å²) in [5.74, 6) is 0.299. The van der Waals surface area contributed by atoms with Gasteiger partial charge in [-0.1, -0.05) is 0 Å². The number of nitrogens with two attached hydrogens (primary N) is 1. The second-order valence-electron chi connectivity index (χ2n) is 4.45. The zero-order valence-electron chi connectivity index (χ0n) is 11.0. The standard InChI is InChI=1S/C12H18N2O4S/c1-9-8-18-6-5-14(9)19(15,16)12-7-10(13)3-4-11(12)17-2/h3-4,7,9H,5-6,8,13H2,1-2H3. The summed E-state index contributed by atoms with van der Waals surface area (Å²) in [7, 11) is -2.19. The molecule has 1 heterocycles. The van der Waals surface area contributed by atoms with Crippen molar-refractivity contribution in [3.8, 4) is 5.75 Å². The van der Waals surface area contributed by atoms with Gasteiger partial charge in [0.1, 0.15) is 10.6 Å². The Balaban J connectivity index is 2.46. The first kappa shape index (κ1) is 14.1. The lowest BCUT2D eigenvalue weighted by molar-refractivity contribution is 0.0392. The average Bonchev–Trinajstić information content (AvgIpc) is 2.39. The summed E-state index contributed by atoms with van der Waals surface area (Å²) >= 11 is 0. The molecular formula is C12H18N2O4S. The molecule has 7 heteroatoms. The van der Waals surface area contributed by atoms with Gasteiger partial charge in [0.05, 0.1) is 20.3 Å². The SMILES string of the molecule is COc1ccc(N)cc1S(=O)(=O)N1CCOCC1C. The molecule has 1 aromatic carbocycles. The van der Waals surface area contributed by atoms with Gasteiger partial charge in [0, 0.05) is 18.3 Å². The summed E-state index contributed by atoms with van der Waals surface area (Å²) in [6.45, 7) is 2.94. The van der Waals surface area contributed by atoms with Gasteiger partial charge >= 0.3 is 0 Å². The van der Waals surface area contributed by atoms with Crippen LogP contribution in [0, 0.1) is 0 Å². The predicted octanol–water partition coefficient (Wildman–Crippen LogP) is 0.687. The smallest absolute Gasteiger partial charge is 0.247 e. The van der Waals surface area contributed by atoms with E-state index in [1.165, 1.54) is 17.5 Å². The second kappa shape index (κ2) is 5.36. The van der Waals surface area contributed by atoms with Gasteiger partial charge in [-0.2, -0.15) is 4.31 Å². The molecule has 2 rings (SSSR count). The van der Waals surface area contributed by atoms with Crippen molar-refractivity contribution in [3.63, 3.8) is 0 Å². The number of benzene rings is 1. The van der Waals surface area contributed by atoms with E-state index in [1.54, 1.807) is 12.1 Å². The predicted molar refractivity (Wildman–Crippen MR) is 71.6 cm³/mol. The number of hydrogen-bond donors (Lipinski definition) is 1. The molecule has 19 heavy (non-hydrogen) atoms. The molecule has 1 unspecified atom stereocenters. The number of anilines is 1. The lowest BCUT2D eigenvalue weighted by Crippen LogP contribution is -2.47. The van der Waals surface area contributed by atoms with Crippen molar-refractivity contribution in [3.05, 3.63) is 18.2 Å². The third kappa shape index (κ3) is 2.68. The van der Waals surface area contributed by atoms with E-state index >= 15 is 0 Å². The Morgan fingerprint density at radius 1 is 1.47 bits per heavy atom. The number of morpholine rings is 1. The molecule has 1 aliphatic rings. The van der Waals surface area contributed by atoms with Crippen molar-refractivity contribution in [2.75, 3.05) is 32.6 Å². The Bertz CT molecular complexity index is 559. The molecule has 1 aromatic rings. The molecule has 1 aliphatic heterocycles. The van der Waals surface area contributed by atoms with Crippen LogP contribution in [0.2, 0.25) is 0 Å². The summed E-state index contributed by atoms with van der Waals surface area (Å²) in [6, 6.07) is 4.40. The van der Waals surface area contributed by atoms with Gasteiger partial charge in [0.2, 0.25) is 10.0 Å². The van der Waals surface area contributed by atoms with Crippen LogP contribution in [-0.2, 0) is 14.8 Å². The molecule has 0 amide bonds. The highest BCUT2D eigenvalue weighted by atomic mass is 32.2. The average molecular weight is 286 g/mol. The normalized spacial score (nSPS) is 21.3. The Morgan fingerprint density at radius 2 is 2.21 bits per heavy atom. The molecule has 0 aromatic heterocycles. The third-order valence-corrected chi connectivity index (χ3v) is 5.12. The fourth-order valence-corrected chi connectivity index (χ4v) is 3.88. The minimum absolute atomic E-state index is 0.101. The monoisotopic (exact) mass is 286 g/mol. The Labute approximate surface area is 113 Å². The van der Waals surface area contributed by atoms with Gasteiger partial charge < -0.3 is 15.2 Å². The van der Waals surface area contributed by atoms with Crippen LogP contribution in [0.4, 0.5) is 5.69 Å². The maximum atomic E-state index is 12.7. The quantitative estimate of drug-likeness (QED) is 0.827. The number of hydrogen-bond acceptors (Lipinski definition) is 5. The molecule has 6 nitrogen and oxygen atoms in total. The van der Waals surface area contributed by atoms with Crippen LogP contribution in [-0.4, -0.2) is 45.6 Å². The zero-order valence-corrected chi connectivity index (χ0v) is 11.8. The zero-order chi connectivity index (χ0) is 14.0.